The van der Waals surface area contributed by atoms with Crippen molar-refractivity contribution in [3.8, 4) is 5.75 Å². The lowest BCUT2D eigenvalue weighted by atomic mass is 10.1. The van der Waals surface area contributed by atoms with E-state index in [0.717, 1.165) is 41.0 Å². The van der Waals surface area contributed by atoms with E-state index in [4.69, 9.17) is 4.74 Å². The number of methoxy groups -OCH3 is 1. The summed E-state index contributed by atoms with van der Waals surface area (Å²) in [6.07, 6.45) is 1.53. The van der Waals surface area contributed by atoms with Crippen LogP contribution in [0.3, 0.4) is 0 Å². The Morgan fingerprint density at radius 1 is 1.16 bits per heavy atom. The summed E-state index contributed by atoms with van der Waals surface area (Å²) < 4.78 is 7.34. The molecule has 0 saturated carbocycles. The Morgan fingerprint density at radius 2 is 1.92 bits per heavy atom. The number of carbonyl (C=O) groups excluding carboxylic acids is 1. The zero-order chi connectivity index (χ0) is 17.6. The molecule has 5 nitrogen and oxygen atoms in total. The summed E-state index contributed by atoms with van der Waals surface area (Å²) in [7, 11) is 1.66. The Morgan fingerprint density at radius 3 is 2.72 bits per heavy atom. The third-order valence-corrected chi connectivity index (χ3v) is 4.26. The molecule has 0 saturated heterocycles. The molecule has 0 fully saturated rings. The van der Waals surface area contributed by atoms with E-state index >= 15 is 0 Å². The zero-order valence-corrected chi connectivity index (χ0v) is 14.7. The van der Waals surface area contributed by atoms with E-state index in [1.165, 1.54) is 0 Å². The third-order valence-electron chi connectivity index (χ3n) is 4.26. The molecule has 0 atom stereocenters. The molecule has 0 radical (unpaired) electrons. The first kappa shape index (κ1) is 17.0. The van der Waals surface area contributed by atoms with Gasteiger partial charge >= 0.3 is 0 Å². The molecule has 0 bridgehead atoms. The van der Waals surface area contributed by atoms with Crippen LogP contribution in [0, 0.1) is 0 Å². The van der Waals surface area contributed by atoms with Gasteiger partial charge in [0.15, 0.2) is 0 Å². The average molecular weight is 337 g/mol. The number of para-hydroxylation sites is 3. The van der Waals surface area contributed by atoms with E-state index in [1.807, 2.05) is 53.1 Å². The minimum Gasteiger partial charge on any atom is -0.496 e. The highest BCUT2D eigenvalue weighted by atomic mass is 16.5. The second kappa shape index (κ2) is 7.83. The Labute approximate surface area is 147 Å². The van der Waals surface area contributed by atoms with Gasteiger partial charge in [-0.25, -0.2) is 4.98 Å². The van der Waals surface area contributed by atoms with E-state index in [-0.39, 0.29) is 12.5 Å². The number of fused-ring (bicyclic) bond motifs is 1. The molecule has 3 rings (SSSR count). The fourth-order valence-electron chi connectivity index (χ4n) is 3.02. The van der Waals surface area contributed by atoms with Gasteiger partial charge in [-0.15, -0.1) is 0 Å². The lowest BCUT2D eigenvalue weighted by molar-refractivity contribution is -0.121. The van der Waals surface area contributed by atoms with Crippen LogP contribution in [0.15, 0.2) is 48.5 Å². The Balaban J connectivity index is 1.63. The van der Waals surface area contributed by atoms with Gasteiger partial charge in [0, 0.05) is 13.0 Å². The normalized spacial score (nSPS) is 10.8. The number of aryl methyl sites for hydroxylation is 1. The first-order chi connectivity index (χ1) is 12.2. The highest BCUT2D eigenvalue weighted by Crippen LogP contribution is 2.18. The SMILES string of the molecule is CCc1nc2ccccc2n1CC(=O)NCCc1ccccc1OC. The van der Waals surface area contributed by atoms with Crippen LogP contribution in [0.2, 0.25) is 0 Å². The molecule has 5 heteroatoms. The van der Waals surface area contributed by atoms with Gasteiger partial charge in [-0.1, -0.05) is 37.3 Å². The average Bonchev–Trinajstić information content (AvgIpc) is 3.00. The molecule has 0 unspecified atom stereocenters. The molecule has 130 valence electrons. The second-order valence-electron chi connectivity index (χ2n) is 5.87. The van der Waals surface area contributed by atoms with E-state index in [0.29, 0.717) is 6.54 Å². The maximum absolute atomic E-state index is 12.4. The van der Waals surface area contributed by atoms with Crippen LogP contribution < -0.4 is 10.1 Å². The Bertz CT molecular complexity index is 870. The van der Waals surface area contributed by atoms with Crippen molar-refractivity contribution in [2.75, 3.05) is 13.7 Å². The van der Waals surface area contributed by atoms with Crippen LogP contribution >= 0.6 is 0 Å². The first-order valence-corrected chi connectivity index (χ1v) is 8.55. The summed E-state index contributed by atoms with van der Waals surface area (Å²) in [4.78, 5) is 17.0. The number of hydrogen-bond acceptors (Lipinski definition) is 3. The molecule has 1 amide bonds. The van der Waals surface area contributed by atoms with Gasteiger partial charge in [-0.3, -0.25) is 4.79 Å². The fourth-order valence-corrected chi connectivity index (χ4v) is 3.02. The van der Waals surface area contributed by atoms with Crippen LogP contribution in [-0.2, 0) is 24.2 Å². The molecule has 0 spiro atoms. The van der Waals surface area contributed by atoms with E-state index in [1.54, 1.807) is 7.11 Å². The molecule has 0 aliphatic rings. The van der Waals surface area contributed by atoms with Crippen LogP contribution in [-0.4, -0.2) is 29.1 Å². The summed E-state index contributed by atoms with van der Waals surface area (Å²) in [5.74, 6) is 1.78. The van der Waals surface area contributed by atoms with Crippen LogP contribution in [0.25, 0.3) is 11.0 Å². The summed E-state index contributed by atoms with van der Waals surface area (Å²) in [6.45, 7) is 2.92. The molecule has 0 aliphatic carbocycles. The van der Waals surface area contributed by atoms with Gasteiger partial charge in [-0.2, -0.15) is 0 Å². The predicted octanol–water partition coefficient (Wildman–Crippen LogP) is 2.97. The number of amides is 1. The number of aromatic nitrogens is 2. The summed E-state index contributed by atoms with van der Waals surface area (Å²) in [5.41, 5.74) is 3.02. The lowest BCUT2D eigenvalue weighted by Gasteiger charge is -2.11. The quantitative estimate of drug-likeness (QED) is 0.721. The van der Waals surface area contributed by atoms with Crippen molar-refractivity contribution >= 4 is 16.9 Å². The molecule has 1 N–H and O–H groups in total. The monoisotopic (exact) mass is 337 g/mol. The molecule has 0 aliphatic heterocycles. The summed E-state index contributed by atoms with van der Waals surface area (Å²) in [6, 6.07) is 15.8. The topological polar surface area (TPSA) is 56.2 Å². The van der Waals surface area contributed by atoms with Gasteiger partial charge < -0.3 is 14.6 Å². The summed E-state index contributed by atoms with van der Waals surface area (Å²) in [5, 5.41) is 2.99. The molecule has 1 aromatic heterocycles. The highest BCUT2D eigenvalue weighted by Gasteiger charge is 2.12. The maximum Gasteiger partial charge on any atom is 0.240 e. The number of carbonyl (C=O) groups is 1. The van der Waals surface area contributed by atoms with Crippen LogP contribution in [0.4, 0.5) is 0 Å². The number of nitrogens with one attached hydrogen (secondary N) is 1. The zero-order valence-electron chi connectivity index (χ0n) is 14.7. The highest BCUT2D eigenvalue weighted by molar-refractivity contribution is 5.81. The largest absolute Gasteiger partial charge is 0.496 e. The molecule has 25 heavy (non-hydrogen) atoms. The standard InChI is InChI=1S/C20H23N3O2/c1-3-19-22-16-9-5-6-10-17(16)23(19)14-20(24)21-13-12-15-8-4-7-11-18(15)25-2/h4-11H,3,12-14H2,1-2H3,(H,21,24). The van der Waals surface area contributed by atoms with Crippen molar-refractivity contribution in [3.05, 3.63) is 59.9 Å². The number of rotatable bonds is 7. The molecule has 1 heterocycles. The minimum atomic E-state index is -0.00671. The molecule has 3 aromatic rings. The number of benzene rings is 2. The van der Waals surface area contributed by atoms with E-state index in [2.05, 4.69) is 17.2 Å². The number of ether oxygens (including phenoxy) is 1. The van der Waals surface area contributed by atoms with Gasteiger partial charge in [0.05, 0.1) is 18.1 Å². The molecular formula is C20H23N3O2. The first-order valence-electron chi connectivity index (χ1n) is 8.55. The van der Waals surface area contributed by atoms with Crippen LogP contribution in [0.1, 0.15) is 18.3 Å². The smallest absolute Gasteiger partial charge is 0.240 e. The Kier molecular flexibility index (Phi) is 5.33. The van der Waals surface area contributed by atoms with Crippen molar-refractivity contribution < 1.29 is 9.53 Å². The fraction of sp³-hybridized carbons (Fsp3) is 0.300. The maximum atomic E-state index is 12.4. The minimum absolute atomic E-state index is 0.00671. The van der Waals surface area contributed by atoms with Crippen molar-refractivity contribution in [1.82, 2.24) is 14.9 Å². The van der Waals surface area contributed by atoms with Gasteiger partial charge in [0.25, 0.3) is 0 Å². The van der Waals surface area contributed by atoms with Gasteiger partial charge in [0.2, 0.25) is 5.91 Å². The Hall–Kier alpha value is -2.82. The van der Waals surface area contributed by atoms with Gasteiger partial charge in [0.1, 0.15) is 18.1 Å². The van der Waals surface area contributed by atoms with Crippen molar-refractivity contribution in [2.24, 2.45) is 0 Å². The molecule has 2 aromatic carbocycles. The predicted molar refractivity (Wildman–Crippen MR) is 98.8 cm³/mol. The van der Waals surface area contributed by atoms with Crippen molar-refractivity contribution in [3.63, 3.8) is 0 Å². The number of nitrogens with zero attached hydrogens (tertiary/aromatic N) is 2. The van der Waals surface area contributed by atoms with Gasteiger partial charge in [-0.05, 0) is 30.2 Å². The number of hydrogen-bond donors (Lipinski definition) is 1. The summed E-state index contributed by atoms with van der Waals surface area (Å²) >= 11 is 0. The number of imidazole rings is 1. The lowest BCUT2D eigenvalue weighted by Crippen LogP contribution is -2.30. The van der Waals surface area contributed by atoms with Crippen molar-refractivity contribution in [2.45, 2.75) is 26.3 Å². The van der Waals surface area contributed by atoms with Crippen molar-refractivity contribution in [1.29, 1.82) is 0 Å². The third kappa shape index (κ3) is 3.82. The van der Waals surface area contributed by atoms with Crippen LogP contribution in [0.5, 0.6) is 5.75 Å². The second-order valence-corrected chi connectivity index (χ2v) is 5.87. The molecular weight excluding hydrogens is 314 g/mol. The van der Waals surface area contributed by atoms with E-state index < -0.39 is 0 Å². The van der Waals surface area contributed by atoms with E-state index in [9.17, 15) is 4.79 Å².